The molecule has 37 heavy (non-hydrogen) atoms. The molecule has 1 unspecified atom stereocenters. The fourth-order valence-corrected chi connectivity index (χ4v) is 8.48. The fourth-order valence-electron chi connectivity index (χ4n) is 4.20. The third-order valence-corrected chi connectivity index (χ3v) is 10.6. The minimum Gasteiger partial charge on any atom is -0.461 e. The van der Waals surface area contributed by atoms with Gasteiger partial charge in [-0.2, -0.15) is 0 Å². The van der Waals surface area contributed by atoms with E-state index >= 15 is 0 Å². The monoisotopic (exact) mass is 559 g/mol. The predicted octanol–water partition coefficient (Wildman–Crippen LogP) is 5.59. The van der Waals surface area contributed by atoms with Crippen molar-refractivity contribution in [3.8, 4) is 0 Å². The van der Waals surface area contributed by atoms with Crippen LogP contribution in [-0.2, 0) is 23.8 Å². The number of esters is 1. The van der Waals surface area contributed by atoms with E-state index in [-0.39, 0.29) is 45.0 Å². The third-order valence-electron chi connectivity index (χ3n) is 6.05. The topological polar surface area (TPSA) is 91.7 Å². The molecule has 194 valence electrons. The highest BCUT2D eigenvalue weighted by Gasteiger charge is 2.42. The zero-order chi connectivity index (χ0) is 27.0. The summed E-state index contributed by atoms with van der Waals surface area (Å²) in [5.41, 5.74) is 1.61. The van der Waals surface area contributed by atoms with Crippen molar-refractivity contribution in [3.05, 3.63) is 88.6 Å². The van der Waals surface area contributed by atoms with E-state index in [1.807, 2.05) is 19.9 Å². The standard InChI is InChI=1S/C27H27ClNO6PS/c1-5-34-27(30)25-26(36(31,35-6-2)21-14-12-18(3)19(4)16-21)23-17-20(28)13-15-24(23)29(25)37(32,33)22-10-8-7-9-11-22/h7-17H,5-6H2,1-4H3. The number of hydrogen-bond donors (Lipinski definition) is 0. The number of carbonyl (C=O) groups is 1. The van der Waals surface area contributed by atoms with Gasteiger partial charge < -0.3 is 9.26 Å². The highest BCUT2D eigenvalue weighted by atomic mass is 35.5. The van der Waals surface area contributed by atoms with E-state index < -0.39 is 23.4 Å². The van der Waals surface area contributed by atoms with Gasteiger partial charge >= 0.3 is 5.97 Å². The molecule has 0 saturated heterocycles. The molecule has 0 saturated carbocycles. The molecule has 1 aromatic heterocycles. The van der Waals surface area contributed by atoms with Crippen LogP contribution in [0, 0.1) is 13.8 Å². The van der Waals surface area contributed by atoms with Gasteiger partial charge in [0, 0.05) is 15.7 Å². The molecule has 0 fully saturated rings. The Morgan fingerprint density at radius 2 is 1.65 bits per heavy atom. The summed E-state index contributed by atoms with van der Waals surface area (Å²) in [7, 11) is -8.36. The molecule has 4 aromatic rings. The second-order valence-corrected chi connectivity index (χ2v) is 12.9. The third kappa shape index (κ3) is 4.75. The van der Waals surface area contributed by atoms with Crippen LogP contribution in [0.5, 0.6) is 0 Å². The lowest BCUT2D eigenvalue weighted by molar-refractivity contribution is 0.0520. The summed E-state index contributed by atoms with van der Waals surface area (Å²) in [6, 6.07) is 17.4. The quantitative estimate of drug-likeness (QED) is 0.206. The molecule has 0 spiro atoms. The lowest BCUT2D eigenvalue weighted by Gasteiger charge is -2.21. The van der Waals surface area contributed by atoms with Crippen LogP contribution < -0.4 is 10.6 Å². The zero-order valence-electron chi connectivity index (χ0n) is 20.9. The van der Waals surface area contributed by atoms with Gasteiger partial charge in [-0.3, -0.25) is 4.57 Å². The normalized spacial score (nSPS) is 13.4. The van der Waals surface area contributed by atoms with Crippen LogP contribution in [0.3, 0.4) is 0 Å². The van der Waals surface area contributed by atoms with E-state index in [0.29, 0.717) is 5.30 Å². The predicted molar refractivity (Wildman–Crippen MR) is 146 cm³/mol. The second-order valence-electron chi connectivity index (χ2n) is 8.40. The van der Waals surface area contributed by atoms with Gasteiger partial charge in [0.2, 0.25) is 0 Å². The van der Waals surface area contributed by atoms with E-state index in [9.17, 15) is 17.8 Å². The smallest absolute Gasteiger partial charge is 0.356 e. The molecular weight excluding hydrogens is 533 g/mol. The van der Waals surface area contributed by atoms with Crippen LogP contribution in [0.25, 0.3) is 10.9 Å². The molecule has 0 aliphatic carbocycles. The molecule has 1 heterocycles. The first-order valence-electron chi connectivity index (χ1n) is 11.7. The summed E-state index contributed by atoms with van der Waals surface area (Å²) in [5, 5.41) is 0.777. The molecule has 0 aliphatic rings. The first-order chi connectivity index (χ1) is 17.6. The van der Waals surface area contributed by atoms with E-state index in [1.54, 1.807) is 44.2 Å². The Balaban J connectivity index is 2.22. The highest BCUT2D eigenvalue weighted by molar-refractivity contribution is 7.90. The summed E-state index contributed by atoms with van der Waals surface area (Å²) in [6.07, 6.45) is 0. The van der Waals surface area contributed by atoms with Crippen molar-refractivity contribution >= 4 is 56.5 Å². The van der Waals surface area contributed by atoms with Crippen LogP contribution in [0.2, 0.25) is 5.02 Å². The molecule has 1 atom stereocenters. The Morgan fingerprint density at radius 1 is 0.946 bits per heavy atom. The number of rotatable bonds is 8. The largest absolute Gasteiger partial charge is 0.461 e. The summed E-state index contributed by atoms with van der Waals surface area (Å²) in [5.74, 6) is -0.937. The first-order valence-corrected chi connectivity index (χ1v) is 15.1. The molecule has 0 aliphatic heterocycles. The number of benzene rings is 3. The molecule has 4 rings (SSSR count). The first kappa shape index (κ1) is 27.1. The lowest BCUT2D eigenvalue weighted by Crippen LogP contribution is -2.28. The summed E-state index contributed by atoms with van der Waals surface area (Å²) >= 11 is 6.34. The van der Waals surface area contributed by atoms with Crippen LogP contribution >= 0.6 is 19.0 Å². The van der Waals surface area contributed by atoms with Crippen molar-refractivity contribution in [2.24, 2.45) is 0 Å². The number of ether oxygens (including phenoxy) is 1. The number of hydrogen-bond acceptors (Lipinski definition) is 6. The minimum atomic E-state index is -4.33. The maximum Gasteiger partial charge on any atom is 0.356 e. The molecular formula is C27H27ClNO6PS. The minimum absolute atomic E-state index is 0.0193. The molecule has 7 nitrogen and oxygen atoms in total. The lowest BCUT2D eigenvalue weighted by atomic mass is 10.1. The Labute approximate surface area is 221 Å². The molecule has 0 bridgehead atoms. The van der Waals surface area contributed by atoms with Crippen molar-refractivity contribution in [1.29, 1.82) is 0 Å². The van der Waals surface area contributed by atoms with Crippen LogP contribution in [0.1, 0.15) is 35.5 Å². The maximum atomic E-state index is 14.9. The van der Waals surface area contributed by atoms with Gasteiger partial charge in [0.15, 0.2) is 5.69 Å². The average Bonchev–Trinajstić information content (AvgIpc) is 3.22. The van der Waals surface area contributed by atoms with Gasteiger partial charge in [-0.05, 0) is 81.3 Å². The average molecular weight is 560 g/mol. The number of fused-ring (bicyclic) bond motifs is 1. The van der Waals surface area contributed by atoms with E-state index in [0.717, 1.165) is 15.1 Å². The van der Waals surface area contributed by atoms with Gasteiger partial charge in [0.1, 0.15) is 0 Å². The fraction of sp³-hybridized carbons (Fsp3) is 0.222. The summed E-state index contributed by atoms with van der Waals surface area (Å²) in [6.45, 7) is 7.12. The van der Waals surface area contributed by atoms with E-state index in [1.165, 1.54) is 30.3 Å². The van der Waals surface area contributed by atoms with E-state index in [2.05, 4.69) is 0 Å². The number of halogens is 1. The van der Waals surface area contributed by atoms with Gasteiger partial charge in [0.05, 0.1) is 28.9 Å². The summed E-state index contributed by atoms with van der Waals surface area (Å²) in [4.78, 5) is 13.5. The van der Waals surface area contributed by atoms with Crippen molar-refractivity contribution in [1.82, 2.24) is 3.97 Å². The Morgan fingerprint density at radius 3 is 2.27 bits per heavy atom. The Hall–Kier alpha value is -2.90. The molecule has 0 radical (unpaired) electrons. The van der Waals surface area contributed by atoms with Crippen molar-refractivity contribution < 1.29 is 27.0 Å². The molecule has 3 aromatic carbocycles. The van der Waals surface area contributed by atoms with Crippen molar-refractivity contribution in [2.45, 2.75) is 32.6 Å². The second kappa shape index (κ2) is 10.5. The van der Waals surface area contributed by atoms with Crippen LogP contribution in [0.15, 0.2) is 71.6 Å². The molecule has 0 N–H and O–H groups in total. The SMILES string of the molecule is CCOC(=O)c1c(P(=O)(OCC)c2ccc(C)c(C)c2)c2cc(Cl)ccc2n1S(=O)(=O)c1ccccc1. The number of aromatic nitrogens is 1. The van der Waals surface area contributed by atoms with Crippen LogP contribution in [-0.4, -0.2) is 31.6 Å². The van der Waals surface area contributed by atoms with Gasteiger partial charge in [0.25, 0.3) is 17.4 Å². The number of nitrogens with zero attached hydrogens (tertiary/aromatic N) is 1. The van der Waals surface area contributed by atoms with Crippen molar-refractivity contribution in [3.63, 3.8) is 0 Å². The summed E-state index contributed by atoms with van der Waals surface area (Å²) < 4.78 is 55.1. The molecule has 10 heteroatoms. The van der Waals surface area contributed by atoms with Crippen LogP contribution in [0.4, 0.5) is 0 Å². The van der Waals surface area contributed by atoms with E-state index in [4.69, 9.17) is 20.9 Å². The number of carbonyl (C=O) groups excluding carboxylic acids is 1. The molecule has 0 amide bonds. The zero-order valence-corrected chi connectivity index (χ0v) is 23.4. The maximum absolute atomic E-state index is 14.9. The number of aryl methyl sites for hydroxylation is 2. The Kier molecular flexibility index (Phi) is 7.67. The van der Waals surface area contributed by atoms with Gasteiger partial charge in [-0.15, -0.1) is 0 Å². The van der Waals surface area contributed by atoms with Crippen molar-refractivity contribution in [2.75, 3.05) is 13.2 Å². The van der Waals surface area contributed by atoms with Gasteiger partial charge in [-0.1, -0.05) is 35.9 Å². The Bertz CT molecular complexity index is 1650. The highest BCUT2D eigenvalue weighted by Crippen LogP contribution is 2.49. The van der Waals surface area contributed by atoms with Gasteiger partial charge in [-0.25, -0.2) is 17.2 Å².